The summed E-state index contributed by atoms with van der Waals surface area (Å²) in [7, 11) is 3.20. The quantitative estimate of drug-likeness (QED) is 0.386. The second kappa shape index (κ2) is 3.88. The van der Waals surface area contributed by atoms with Crippen LogP contribution in [0.4, 0.5) is 0 Å². The Balaban J connectivity index is 2.97. The maximum Gasteiger partial charge on any atom is 0.154 e. The third-order valence-electron chi connectivity index (χ3n) is 1.55. The lowest BCUT2D eigenvalue weighted by Crippen LogP contribution is -2.23. The maximum atomic E-state index is 9.17. The molecule has 0 unspecified atom stereocenters. The molecule has 0 saturated heterocycles. The van der Waals surface area contributed by atoms with Crippen molar-refractivity contribution in [1.82, 2.24) is 5.06 Å². The third-order valence-corrected chi connectivity index (χ3v) is 1.55. The Morgan fingerprint density at radius 3 is 2.33 bits per heavy atom. The number of hydrogen-bond donors (Lipinski definition) is 1. The molecule has 0 aliphatic heterocycles. The van der Waals surface area contributed by atoms with Gasteiger partial charge in [-0.05, 0) is 0 Å². The topological polar surface area (TPSA) is 35.8 Å². The third kappa shape index (κ3) is 1.83. The number of hydroxylamine groups is 2. The van der Waals surface area contributed by atoms with E-state index < -0.39 is 0 Å². The van der Waals surface area contributed by atoms with Gasteiger partial charge in [0.1, 0.15) is 0 Å². The Morgan fingerprint density at radius 2 is 1.92 bits per heavy atom. The molecular formula is C9H12N2O. The molecule has 64 valence electrons. The zero-order valence-corrected chi connectivity index (χ0v) is 7.23. The molecule has 0 spiro atoms. The summed E-state index contributed by atoms with van der Waals surface area (Å²) in [5.41, 5.74) is 0.907. The van der Waals surface area contributed by atoms with E-state index in [9.17, 15) is 0 Å². The zero-order valence-electron chi connectivity index (χ0n) is 7.23. The predicted molar refractivity (Wildman–Crippen MR) is 48.5 cm³/mol. The fourth-order valence-corrected chi connectivity index (χ4v) is 1.05. The van der Waals surface area contributed by atoms with Crippen LogP contribution >= 0.6 is 0 Å². The van der Waals surface area contributed by atoms with Crippen molar-refractivity contribution in [2.24, 2.45) is 4.99 Å². The standard InChI is InChI=1S/C9H12N2O/c1-10-9(11(2)12)8-6-4-3-5-7-8/h3-7,12H,1-2H3. The molecule has 0 bridgehead atoms. The summed E-state index contributed by atoms with van der Waals surface area (Å²) in [4.78, 5) is 3.95. The lowest BCUT2D eigenvalue weighted by Gasteiger charge is -2.12. The van der Waals surface area contributed by atoms with E-state index in [1.54, 1.807) is 14.1 Å². The van der Waals surface area contributed by atoms with Crippen molar-refractivity contribution in [3.05, 3.63) is 35.9 Å². The minimum atomic E-state index is 0.565. The molecule has 0 atom stereocenters. The summed E-state index contributed by atoms with van der Waals surface area (Å²) in [6.45, 7) is 0. The first-order chi connectivity index (χ1) is 5.75. The van der Waals surface area contributed by atoms with Gasteiger partial charge in [-0.15, -0.1) is 0 Å². The van der Waals surface area contributed by atoms with Crippen LogP contribution < -0.4 is 0 Å². The van der Waals surface area contributed by atoms with Crippen LogP contribution in [0, 0.1) is 0 Å². The van der Waals surface area contributed by atoms with Gasteiger partial charge in [0, 0.05) is 19.7 Å². The smallest absolute Gasteiger partial charge is 0.154 e. The van der Waals surface area contributed by atoms with Crippen LogP contribution in [0.3, 0.4) is 0 Å². The first-order valence-corrected chi connectivity index (χ1v) is 3.70. The summed E-state index contributed by atoms with van der Waals surface area (Å²) >= 11 is 0. The highest BCUT2D eigenvalue weighted by Gasteiger charge is 2.03. The van der Waals surface area contributed by atoms with E-state index in [1.807, 2.05) is 30.3 Å². The van der Waals surface area contributed by atoms with Gasteiger partial charge in [0.2, 0.25) is 0 Å². The zero-order chi connectivity index (χ0) is 8.97. The summed E-state index contributed by atoms with van der Waals surface area (Å²) in [6, 6.07) is 9.53. The normalized spacial score (nSPS) is 11.4. The Bertz CT molecular complexity index is 267. The highest BCUT2D eigenvalue weighted by Crippen LogP contribution is 2.02. The Hall–Kier alpha value is -1.35. The maximum absolute atomic E-state index is 9.17. The van der Waals surface area contributed by atoms with Crippen molar-refractivity contribution in [3.63, 3.8) is 0 Å². The van der Waals surface area contributed by atoms with Gasteiger partial charge in [-0.25, -0.2) is 5.06 Å². The SMILES string of the molecule is CN=C(c1ccccc1)N(C)O. The first kappa shape index (κ1) is 8.74. The number of amidine groups is 1. The average Bonchev–Trinajstić information content (AvgIpc) is 2.07. The molecule has 3 heteroatoms. The molecule has 0 saturated carbocycles. The van der Waals surface area contributed by atoms with Crippen molar-refractivity contribution in [2.45, 2.75) is 0 Å². The van der Waals surface area contributed by atoms with Gasteiger partial charge in [-0.1, -0.05) is 30.3 Å². The molecule has 0 radical (unpaired) electrons. The molecule has 1 rings (SSSR count). The summed E-state index contributed by atoms with van der Waals surface area (Å²) in [5, 5.41) is 10.2. The molecule has 1 N–H and O–H groups in total. The highest BCUT2D eigenvalue weighted by atomic mass is 16.5. The second-order valence-electron chi connectivity index (χ2n) is 2.44. The van der Waals surface area contributed by atoms with Crippen LogP contribution in [0.25, 0.3) is 0 Å². The summed E-state index contributed by atoms with van der Waals surface area (Å²) in [5.74, 6) is 0.565. The van der Waals surface area contributed by atoms with E-state index in [0.717, 1.165) is 10.6 Å². The molecule has 0 aromatic heterocycles. The Morgan fingerprint density at radius 1 is 1.33 bits per heavy atom. The molecule has 0 aliphatic carbocycles. The van der Waals surface area contributed by atoms with E-state index in [2.05, 4.69) is 4.99 Å². The van der Waals surface area contributed by atoms with Gasteiger partial charge in [0.25, 0.3) is 0 Å². The molecule has 0 heterocycles. The van der Waals surface area contributed by atoms with E-state index in [4.69, 9.17) is 5.21 Å². The van der Waals surface area contributed by atoms with Crippen LogP contribution in [0.2, 0.25) is 0 Å². The number of hydrogen-bond acceptors (Lipinski definition) is 2. The number of rotatable bonds is 1. The summed E-state index contributed by atoms with van der Waals surface area (Å²) in [6.07, 6.45) is 0. The molecular weight excluding hydrogens is 152 g/mol. The Kier molecular flexibility index (Phi) is 2.82. The highest BCUT2D eigenvalue weighted by molar-refractivity contribution is 5.97. The van der Waals surface area contributed by atoms with Crippen LogP contribution in [0.15, 0.2) is 35.3 Å². The summed E-state index contributed by atoms with van der Waals surface area (Å²) < 4.78 is 0. The number of aliphatic imine (C=N–C) groups is 1. The Labute approximate surface area is 71.9 Å². The van der Waals surface area contributed by atoms with Gasteiger partial charge >= 0.3 is 0 Å². The average molecular weight is 164 g/mol. The minimum Gasteiger partial charge on any atom is -0.287 e. The first-order valence-electron chi connectivity index (χ1n) is 3.70. The molecule has 1 aromatic carbocycles. The lowest BCUT2D eigenvalue weighted by molar-refractivity contribution is 0.0142. The van der Waals surface area contributed by atoms with Crippen LogP contribution in [-0.2, 0) is 0 Å². The van der Waals surface area contributed by atoms with Crippen LogP contribution in [-0.4, -0.2) is 30.2 Å². The van der Waals surface area contributed by atoms with E-state index in [1.165, 1.54) is 0 Å². The van der Waals surface area contributed by atoms with Crippen molar-refractivity contribution < 1.29 is 5.21 Å². The van der Waals surface area contributed by atoms with Crippen LogP contribution in [0.1, 0.15) is 5.56 Å². The van der Waals surface area contributed by atoms with Gasteiger partial charge in [0.15, 0.2) is 5.84 Å². The molecule has 1 aromatic rings. The van der Waals surface area contributed by atoms with Crippen molar-refractivity contribution in [1.29, 1.82) is 0 Å². The molecule has 0 fully saturated rings. The largest absolute Gasteiger partial charge is 0.287 e. The monoisotopic (exact) mass is 164 g/mol. The van der Waals surface area contributed by atoms with Gasteiger partial charge in [0.05, 0.1) is 0 Å². The molecule has 0 amide bonds. The number of benzene rings is 1. The number of nitrogens with zero attached hydrogens (tertiary/aromatic N) is 2. The van der Waals surface area contributed by atoms with E-state index in [-0.39, 0.29) is 0 Å². The fraction of sp³-hybridized carbons (Fsp3) is 0.222. The molecule has 12 heavy (non-hydrogen) atoms. The van der Waals surface area contributed by atoms with Gasteiger partial charge < -0.3 is 0 Å². The van der Waals surface area contributed by atoms with Gasteiger partial charge in [-0.2, -0.15) is 0 Å². The molecule has 0 aliphatic rings. The second-order valence-corrected chi connectivity index (χ2v) is 2.44. The fourth-order valence-electron chi connectivity index (χ4n) is 1.05. The lowest BCUT2D eigenvalue weighted by atomic mass is 10.2. The van der Waals surface area contributed by atoms with Crippen molar-refractivity contribution in [3.8, 4) is 0 Å². The molecule has 3 nitrogen and oxygen atoms in total. The van der Waals surface area contributed by atoms with Crippen LogP contribution in [0.5, 0.6) is 0 Å². The van der Waals surface area contributed by atoms with Crippen molar-refractivity contribution in [2.75, 3.05) is 14.1 Å². The van der Waals surface area contributed by atoms with E-state index >= 15 is 0 Å². The van der Waals surface area contributed by atoms with Crippen molar-refractivity contribution >= 4 is 5.84 Å². The predicted octanol–water partition coefficient (Wildman–Crippen LogP) is 1.38. The van der Waals surface area contributed by atoms with E-state index in [0.29, 0.717) is 5.84 Å². The minimum absolute atomic E-state index is 0.565. The van der Waals surface area contributed by atoms with Gasteiger partial charge in [-0.3, -0.25) is 10.2 Å².